The van der Waals surface area contributed by atoms with E-state index in [2.05, 4.69) is 21.9 Å². The number of carbonyl (C=O) groups excluding carboxylic acids is 1. The highest BCUT2D eigenvalue weighted by atomic mass is 32.2. The molecule has 0 aromatic rings. The van der Waals surface area contributed by atoms with Crippen molar-refractivity contribution in [1.29, 1.82) is 0 Å². The Bertz CT molecular complexity index is 286. The van der Waals surface area contributed by atoms with Crippen LogP contribution in [0.3, 0.4) is 0 Å². The number of rotatable bonds is 10. The summed E-state index contributed by atoms with van der Waals surface area (Å²) in [6.45, 7) is 2.29. The molecule has 0 rings (SSSR count). The zero-order valence-electron chi connectivity index (χ0n) is 13.1. The molecule has 20 heavy (non-hydrogen) atoms. The average molecular weight is 304 g/mol. The fourth-order valence-electron chi connectivity index (χ4n) is 1.31. The van der Waals surface area contributed by atoms with Gasteiger partial charge in [0.25, 0.3) is 0 Å². The van der Waals surface area contributed by atoms with Gasteiger partial charge in [-0.2, -0.15) is 11.8 Å². The van der Waals surface area contributed by atoms with Gasteiger partial charge in [0.2, 0.25) is 5.91 Å². The van der Waals surface area contributed by atoms with Crippen LogP contribution >= 0.6 is 11.8 Å². The Labute approximate surface area is 126 Å². The molecule has 0 aliphatic carbocycles. The molecule has 118 valence electrons. The third-order valence-corrected chi connectivity index (χ3v) is 3.23. The van der Waals surface area contributed by atoms with Gasteiger partial charge in [0, 0.05) is 34.3 Å². The molecular weight excluding hydrogens is 276 g/mol. The summed E-state index contributed by atoms with van der Waals surface area (Å²) in [6, 6.07) is 0. The van der Waals surface area contributed by atoms with Crippen LogP contribution in [0.1, 0.15) is 12.8 Å². The first-order valence-electron chi connectivity index (χ1n) is 6.82. The van der Waals surface area contributed by atoms with Gasteiger partial charge in [-0.3, -0.25) is 4.79 Å². The van der Waals surface area contributed by atoms with Gasteiger partial charge in [-0.15, -0.1) is 0 Å². The highest BCUT2D eigenvalue weighted by molar-refractivity contribution is 7.98. The molecule has 0 saturated carbocycles. The van der Waals surface area contributed by atoms with E-state index in [0.29, 0.717) is 19.1 Å². The van der Waals surface area contributed by atoms with Crippen molar-refractivity contribution in [3.05, 3.63) is 0 Å². The fourth-order valence-corrected chi connectivity index (χ4v) is 1.80. The van der Waals surface area contributed by atoms with Crippen LogP contribution < -0.4 is 10.6 Å². The van der Waals surface area contributed by atoms with Crippen LogP contribution in [0.15, 0.2) is 4.99 Å². The fraction of sp³-hybridized carbons (Fsp3) is 0.846. The van der Waals surface area contributed by atoms with Crippen LogP contribution in [0.4, 0.5) is 0 Å². The summed E-state index contributed by atoms with van der Waals surface area (Å²) in [7, 11) is 5.11. The summed E-state index contributed by atoms with van der Waals surface area (Å²) in [5.74, 6) is 1.83. The normalized spacial score (nSPS) is 11.3. The minimum atomic E-state index is -0.0137. The number of amides is 1. The Kier molecular flexibility index (Phi) is 12.4. The van der Waals surface area contributed by atoms with Gasteiger partial charge in [0.1, 0.15) is 6.54 Å². The number of hydrogen-bond donors (Lipinski definition) is 2. The Balaban J connectivity index is 4.11. The molecule has 7 heteroatoms. The highest BCUT2D eigenvalue weighted by Crippen LogP contribution is 1.97. The SMILES string of the molecule is COCCNC(=NCC(=O)N(C)C)NCCCCSC. The van der Waals surface area contributed by atoms with Crippen LogP contribution in [-0.2, 0) is 9.53 Å². The number of ether oxygens (including phenoxy) is 1. The molecule has 0 aromatic carbocycles. The van der Waals surface area contributed by atoms with Crippen molar-refractivity contribution < 1.29 is 9.53 Å². The van der Waals surface area contributed by atoms with Gasteiger partial charge in [-0.1, -0.05) is 0 Å². The number of thioether (sulfide) groups is 1. The predicted octanol–water partition coefficient (Wildman–Crippen LogP) is 0.399. The molecule has 6 nitrogen and oxygen atoms in total. The smallest absolute Gasteiger partial charge is 0.243 e. The van der Waals surface area contributed by atoms with Crippen molar-refractivity contribution in [2.24, 2.45) is 4.99 Å². The lowest BCUT2D eigenvalue weighted by Crippen LogP contribution is -2.40. The number of carbonyl (C=O) groups is 1. The summed E-state index contributed by atoms with van der Waals surface area (Å²) >= 11 is 1.85. The average Bonchev–Trinajstić information content (AvgIpc) is 2.43. The standard InChI is InChI=1S/C13H28N4O2S/c1-17(2)12(18)11-16-13(15-8-9-19-3)14-7-5-6-10-20-4/h5-11H2,1-4H3,(H2,14,15,16). The van der Waals surface area contributed by atoms with E-state index in [-0.39, 0.29) is 12.5 Å². The zero-order valence-corrected chi connectivity index (χ0v) is 13.9. The van der Waals surface area contributed by atoms with Crippen LogP contribution in [0.25, 0.3) is 0 Å². The molecule has 0 heterocycles. The summed E-state index contributed by atoms with van der Waals surface area (Å²) in [5.41, 5.74) is 0. The number of nitrogens with one attached hydrogen (secondary N) is 2. The summed E-state index contributed by atoms with van der Waals surface area (Å²) in [4.78, 5) is 17.3. The van der Waals surface area contributed by atoms with Gasteiger partial charge in [-0.05, 0) is 24.9 Å². The highest BCUT2D eigenvalue weighted by Gasteiger charge is 2.04. The number of methoxy groups -OCH3 is 1. The lowest BCUT2D eigenvalue weighted by atomic mass is 10.3. The van der Waals surface area contributed by atoms with E-state index in [1.54, 1.807) is 21.2 Å². The Morgan fingerprint density at radius 1 is 1.25 bits per heavy atom. The van der Waals surface area contributed by atoms with E-state index >= 15 is 0 Å². The monoisotopic (exact) mass is 304 g/mol. The summed E-state index contributed by atoms with van der Waals surface area (Å²) in [5, 5.41) is 6.38. The maximum Gasteiger partial charge on any atom is 0.243 e. The van der Waals surface area contributed by atoms with E-state index in [9.17, 15) is 4.79 Å². The van der Waals surface area contributed by atoms with Crippen molar-refractivity contribution in [3.63, 3.8) is 0 Å². The van der Waals surface area contributed by atoms with Crippen LogP contribution in [-0.4, -0.2) is 76.2 Å². The number of hydrogen-bond acceptors (Lipinski definition) is 4. The molecule has 0 aliphatic rings. The lowest BCUT2D eigenvalue weighted by Gasteiger charge is -2.13. The van der Waals surface area contributed by atoms with Gasteiger partial charge >= 0.3 is 0 Å². The van der Waals surface area contributed by atoms with Gasteiger partial charge in [0.15, 0.2) is 5.96 Å². The molecule has 0 saturated heterocycles. The first-order chi connectivity index (χ1) is 9.61. The van der Waals surface area contributed by atoms with Crippen molar-refractivity contribution in [3.8, 4) is 0 Å². The van der Waals surface area contributed by atoms with E-state index in [1.807, 2.05) is 11.8 Å². The summed E-state index contributed by atoms with van der Waals surface area (Å²) < 4.78 is 4.99. The Hall–Kier alpha value is -0.950. The van der Waals surface area contributed by atoms with Gasteiger partial charge in [0.05, 0.1) is 6.61 Å². The van der Waals surface area contributed by atoms with Crippen molar-refractivity contribution >= 4 is 23.6 Å². The largest absolute Gasteiger partial charge is 0.383 e. The number of guanidine groups is 1. The van der Waals surface area contributed by atoms with Gasteiger partial charge < -0.3 is 20.3 Å². The molecule has 0 aromatic heterocycles. The first-order valence-corrected chi connectivity index (χ1v) is 8.21. The Morgan fingerprint density at radius 2 is 1.95 bits per heavy atom. The van der Waals surface area contributed by atoms with E-state index in [0.717, 1.165) is 13.0 Å². The predicted molar refractivity (Wildman–Crippen MR) is 86.5 cm³/mol. The van der Waals surface area contributed by atoms with Crippen molar-refractivity contribution in [2.45, 2.75) is 12.8 Å². The second kappa shape index (κ2) is 13.1. The van der Waals surface area contributed by atoms with Crippen LogP contribution in [0.5, 0.6) is 0 Å². The molecule has 0 unspecified atom stereocenters. The van der Waals surface area contributed by atoms with Crippen molar-refractivity contribution in [1.82, 2.24) is 15.5 Å². The minimum Gasteiger partial charge on any atom is -0.383 e. The van der Waals surface area contributed by atoms with E-state index in [1.165, 1.54) is 17.1 Å². The second-order valence-electron chi connectivity index (χ2n) is 4.50. The molecule has 0 radical (unpaired) electrons. The molecule has 1 amide bonds. The van der Waals surface area contributed by atoms with E-state index < -0.39 is 0 Å². The Morgan fingerprint density at radius 3 is 2.55 bits per heavy atom. The number of likely N-dealkylation sites (N-methyl/N-ethyl adjacent to an activating group) is 1. The third-order valence-electron chi connectivity index (χ3n) is 2.54. The number of nitrogens with zero attached hydrogens (tertiary/aromatic N) is 2. The minimum absolute atomic E-state index is 0.0137. The van der Waals surface area contributed by atoms with Crippen LogP contribution in [0.2, 0.25) is 0 Å². The molecule has 0 bridgehead atoms. The maximum atomic E-state index is 11.5. The molecule has 0 spiro atoms. The lowest BCUT2D eigenvalue weighted by molar-refractivity contribution is -0.127. The third kappa shape index (κ3) is 10.9. The maximum absolute atomic E-state index is 11.5. The van der Waals surface area contributed by atoms with E-state index in [4.69, 9.17) is 4.74 Å². The topological polar surface area (TPSA) is 66.0 Å². The first kappa shape index (κ1) is 19.1. The molecule has 0 fully saturated rings. The molecule has 0 atom stereocenters. The number of unbranched alkanes of at least 4 members (excludes halogenated alkanes) is 1. The number of aliphatic imine (C=N–C) groups is 1. The van der Waals surface area contributed by atoms with Gasteiger partial charge in [-0.25, -0.2) is 4.99 Å². The second-order valence-corrected chi connectivity index (χ2v) is 5.48. The van der Waals surface area contributed by atoms with Crippen molar-refractivity contribution in [2.75, 3.05) is 59.5 Å². The zero-order chi connectivity index (χ0) is 15.2. The summed E-state index contributed by atoms with van der Waals surface area (Å²) in [6.07, 6.45) is 4.38. The molecule has 2 N–H and O–H groups in total. The molecular formula is C13H28N4O2S. The molecule has 0 aliphatic heterocycles. The quantitative estimate of drug-likeness (QED) is 0.347. The van der Waals surface area contributed by atoms with Crippen LogP contribution in [0, 0.1) is 0 Å².